The summed E-state index contributed by atoms with van der Waals surface area (Å²) in [4.78, 5) is 13.8. The quantitative estimate of drug-likeness (QED) is 0.360. The number of hydrogen-bond acceptors (Lipinski definition) is 3. The highest BCUT2D eigenvalue weighted by atomic mass is 32.1. The number of nitrogens with one attached hydrogen (secondary N) is 1. The van der Waals surface area contributed by atoms with Crippen LogP contribution in [0.4, 0.5) is 0 Å². The molecule has 1 amide bonds. The molecule has 3 N–H and O–H groups in total. The van der Waals surface area contributed by atoms with Crippen LogP contribution < -0.4 is 11.2 Å². The molecule has 0 aromatic rings. The first kappa shape index (κ1) is 11.6. The van der Waals surface area contributed by atoms with Crippen molar-refractivity contribution in [2.45, 2.75) is 51.4 Å². The third-order valence-electron chi connectivity index (χ3n) is 3.46. The smallest absolute Gasteiger partial charge is 0.261 e. The molecule has 0 aromatic carbocycles. The summed E-state index contributed by atoms with van der Waals surface area (Å²) >= 11 is 5.33. The first-order valence-corrected chi connectivity index (χ1v) is 5.80. The second-order valence-corrected chi connectivity index (χ2v) is 5.85. The van der Waals surface area contributed by atoms with Crippen LogP contribution in [0.15, 0.2) is 0 Å². The van der Waals surface area contributed by atoms with Crippen LogP contribution in [0, 0.1) is 0 Å². The summed E-state index contributed by atoms with van der Waals surface area (Å²) in [6, 6.07) is -0.286. The number of hydrogen-bond donors (Lipinski definition) is 2. The molecule has 6 heteroatoms. The highest BCUT2D eigenvalue weighted by Gasteiger charge is 2.57. The summed E-state index contributed by atoms with van der Waals surface area (Å²) in [7, 11) is 0. The lowest BCUT2D eigenvalue weighted by Crippen LogP contribution is -2.69. The van der Waals surface area contributed by atoms with E-state index in [0.717, 1.165) is 6.42 Å². The molecule has 5 nitrogen and oxygen atoms in total. The molecule has 0 saturated carbocycles. The second-order valence-electron chi connectivity index (χ2n) is 5.46. The number of amides is 1. The molecule has 0 unspecified atom stereocenters. The van der Waals surface area contributed by atoms with Gasteiger partial charge in [-0.3, -0.25) is 9.80 Å². The maximum absolute atomic E-state index is 11.9. The average molecular weight is 242 g/mol. The molecule has 90 valence electrons. The number of nitrogens with two attached hydrogens (primary N) is 1. The lowest BCUT2D eigenvalue weighted by Gasteiger charge is -2.50. The van der Waals surface area contributed by atoms with Crippen molar-refractivity contribution < 1.29 is 4.79 Å². The van der Waals surface area contributed by atoms with E-state index >= 15 is 0 Å². The normalized spacial score (nSPS) is 37.4. The Bertz CT molecular complexity index is 370. The van der Waals surface area contributed by atoms with Gasteiger partial charge in [0, 0.05) is 12.0 Å². The summed E-state index contributed by atoms with van der Waals surface area (Å²) in [5.41, 5.74) is -0.660. The van der Waals surface area contributed by atoms with E-state index in [1.807, 2.05) is 18.7 Å². The van der Waals surface area contributed by atoms with Crippen LogP contribution in [0.5, 0.6) is 0 Å². The molecule has 2 atom stereocenters. The predicted octanol–water partition coefficient (Wildman–Crippen LogP) is 0.166. The Morgan fingerprint density at radius 3 is 2.62 bits per heavy atom. The summed E-state index contributed by atoms with van der Waals surface area (Å²) in [5, 5.41) is 5.18. The van der Waals surface area contributed by atoms with Gasteiger partial charge in [-0.25, -0.2) is 5.84 Å². The van der Waals surface area contributed by atoms with Crippen LogP contribution >= 0.6 is 12.2 Å². The van der Waals surface area contributed by atoms with Crippen molar-refractivity contribution in [2.75, 3.05) is 0 Å². The maximum Gasteiger partial charge on any atom is 0.261 e. The molecule has 0 spiro atoms. The van der Waals surface area contributed by atoms with Crippen LogP contribution in [0.2, 0.25) is 0 Å². The molecular formula is C10H18N4OS. The number of thiocarbonyl (C=S) groups is 1. The minimum atomic E-state index is -0.512. The van der Waals surface area contributed by atoms with Gasteiger partial charge in [-0.1, -0.05) is 0 Å². The summed E-state index contributed by atoms with van der Waals surface area (Å²) in [5.74, 6) is 5.82. The highest BCUT2D eigenvalue weighted by Crippen LogP contribution is 2.39. The van der Waals surface area contributed by atoms with Gasteiger partial charge in [-0.05, 0) is 39.9 Å². The fourth-order valence-electron chi connectivity index (χ4n) is 2.88. The molecule has 2 rings (SSSR count). The van der Waals surface area contributed by atoms with Gasteiger partial charge in [0.2, 0.25) is 0 Å². The van der Waals surface area contributed by atoms with Gasteiger partial charge in [0.15, 0.2) is 5.11 Å². The minimum Gasteiger partial charge on any atom is -0.357 e. The maximum atomic E-state index is 11.9. The van der Waals surface area contributed by atoms with Gasteiger partial charge >= 0.3 is 0 Å². The molecule has 0 aromatic heterocycles. The van der Waals surface area contributed by atoms with Crippen LogP contribution in [-0.2, 0) is 4.79 Å². The van der Waals surface area contributed by atoms with Crippen molar-refractivity contribution in [3.63, 3.8) is 0 Å². The van der Waals surface area contributed by atoms with Crippen LogP contribution in [0.3, 0.4) is 0 Å². The number of nitrogens with zero attached hydrogens (tertiary/aromatic N) is 2. The SMILES string of the molecule is C[C@@H]1C(=O)N(N)[C@]2(C)CC(C)(C)NC(=S)N12. The number of rotatable bonds is 0. The molecule has 2 fully saturated rings. The molecule has 2 heterocycles. The molecule has 16 heavy (non-hydrogen) atoms. The lowest BCUT2D eigenvalue weighted by atomic mass is 9.88. The molecule has 0 aliphatic carbocycles. The highest BCUT2D eigenvalue weighted by molar-refractivity contribution is 7.80. The molecule has 2 aliphatic heterocycles. The van der Waals surface area contributed by atoms with Crippen molar-refractivity contribution in [1.29, 1.82) is 0 Å². The van der Waals surface area contributed by atoms with Gasteiger partial charge in [-0.2, -0.15) is 0 Å². The van der Waals surface area contributed by atoms with E-state index in [-0.39, 0.29) is 17.5 Å². The standard InChI is InChI=1S/C10H18N4OS/c1-6-7(15)14(11)10(4)5-9(2,3)12-8(16)13(6)10/h6H,5,11H2,1-4H3,(H,12,16)/t6-,10-/m1/s1. The molecule has 2 saturated heterocycles. The Hall–Kier alpha value is -0.880. The van der Waals surface area contributed by atoms with Crippen LogP contribution in [-0.4, -0.2) is 38.2 Å². The number of fused-ring (bicyclic) bond motifs is 1. The zero-order chi connectivity index (χ0) is 12.3. The fraction of sp³-hybridized carbons (Fsp3) is 0.800. The summed E-state index contributed by atoms with van der Waals surface area (Å²) in [6.45, 7) is 7.91. The second kappa shape index (κ2) is 3.07. The summed E-state index contributed by atoms with van der Waals surface area (Å²) in [6.07, 6.45) is 0.743. The Morgan fingerprint density at radius 2 is 2.06 bits per heavy atom. The van der Waals surface area contributed by atoms with E-state index in [9.17, 15) is 4.79 Å². The number of hydrazine groups is 1. The number of carbonyl (C=O) groups is 1. The topological polar surface area (TPSA) is 61.6 Å². The Balaban J connectivity index is 2.46. The van der Waals surface area contributed by atoms with Gasteiger partial charge in [0.1, 0.15) is 11.7 Å². The van der Waals surface area contributed by atoms with Gasteiger partial charge in [0.05, 0.1) is 0 Å². The minimum absolute atomic E-state index is 0.0793. The lowest BCUT2D eigenvalue weighted by molar-refractivity contribution is -0.132. The first-order chi connectivity index (χ1) is 7.19. The van der Waals surface area contributed by atoms with Crippen molar-refractivity contribution >= 4 is 23.2 Å². The van der Waals surface area contributed by atoms with E-state index < -0.39 is 5.66 Å². The zero-order valence-corrected chi connectivity index (χ0v) is 10.9. The predicted molar refractivity (Wildman–Crippen MR) is 65.2 cm³/mol. The van der Waals surface area contributed by atoms with Crippen molar-refractivity contribution in [1.82, 2.24) is 15.2 Å². The summed E-state index contributed by atoms with van der Waals surface area (Å²) < 4.78 is 0. The molecule has 0 radical (unpaired) electrons. The first-order valence-electron chi connectivity index (χ1n) is 5.39. The Kier molecular flexibility index (Phi) is 2.23. The van der Waals surface area contributed by atoms with E-state index in [1.165, 1.54) is 5.01 Å². The van der Waals surface area contributed by atoms with Gasteiger partial charge < -0.3 is 10.2 Å². The fourth-order valence-corrected chi connectivity index (χ4v) is 3.51. The average Bonchev–Trinajstić information content (AvgIpc) is 2.25. The van der Waals surface area contributed by atoms with Crippen LogP contribution in [0.25, 0.3) is 0 Å². The van der Waals surface area contributed by atoms with E-state index in [4.69, 9.17) is 18.1 Å². The Labute approximate surface area is 101 Å². The van der Waals surface area contributed by atoms with Crippen molar-refractivity contribution in [2.24, 2.45) is 5.84 Å². The molecular weight excluding hydrogens is 224 g/mol. The van der Waals surface area contributed by atoms with Gasteiger partial charge in [0.25, 0.3) is 5.91 Å². The zero-order valence-electron chi connectivity index (χ0n) is 10.1. The molecule has 2 aliphatic rings. The molecule has 0 bridgehead atoms. The number of carbonyl (C=O) groups excluding carboxylic acids is 1. The Morgan fingerprint density at radius 1 is 1.50 bits per heavy atom. The van der Waals surface area contributed by atoms with Gasteiger partial charge in [-0.15, -0.1) is 0 Å². The van der Waals surface area contributed by atoms with Crippen molar-refractivity contribution in [3.05, 3.63) is 0 Å². The van der Waals surface area contributed by atoms with E-state index in [2.05, 4.69) is 19.2 Å². The van der Waals surface area contributed by atoms with Crippen molar-refractivity contribution in [3.8, 4) is 0 Å². The van der Waals surface area contributed by atoms with E-state index in [1.54, 1.807) is 0 Å². The third-order valence-corrected chi connectivity index (χ3v) is 3.76. The van der Waals surface area contributed by atoms with E-state index in [0.29, 0.717) is 5.11 Å². The van der Waals surface area contributed by atoms with Crippen LogP contribution in [0.1, 0.15) is 34.1 Å². The largest absolute Gasteiger partial charge is 0.357 e. The third kappa shape index (κ3) is 1.33. The monoisotopic (exact) mass is 242 g/mol.